The third-order valence-electron chi connectivity index (χ3n) is 4.52. The van der Waals surface area contributed by atoms with E-state index in [1.54, 1.807) is 24.3 Å². The summed E-state index contributed by atoms with van der Waals surface area (Å²) >= 11 is 0. The number of aromatic hydroxyl groups is 1. The highest BCUT2D eigenvalue weighted by Crippen LogP contribution is 2.45. The number of phenols is 1. The van der Waals surface area contributed by atoms with Crippen molar-refractivity contribution in [2.45, 2.75) is 37.5 Å². The molecule has 0 saturated heterocycles. The molecule has 0 amide bonds. The van der Waals surface area contributed by atoms with Crippen LogP contribution in [-0.4, -0.2) is 5.11 Å². The molecule has 0 heterocycles. The van der Waals surface area contributed by atoms with E-state index in [1.807, 2.05) is 24.3 Å². The molecule has 0 aliphatic heterocycles. The first-order chi connectivity index (χ1) is 9.71. The number of halogens is 1. The second-order valence-electron chi connectivity index (χ2n) is 5.70. The second kappa shape index (κ2) is 5.28. The molecule has 1 aliphatic rings. The summed E-state index contributed by atoms with van der Waals surface area (Å²) in [6.07, 6.45) is 5.82. The molecule has 1 fully saturated rings. The molecule has 3 rings (SSSR count). The molecule has 1 aliphatic carbocycles. The first-order valence-corrected chi connectivity index (χ1v) is 7.26. The Kier molecular flexibility index (Phi) is 3.47. The standard InChI is InChI=1S/C18H19FO/c19-16-8-4-14(5-9-16)18(12-2-1-3-13-18)15-6-10-17(20)11-7-15/h4-11,20H,1-3,12-13H2. The van der Waals surface area contributed by atoms with E-state index in [-0.39, 0.29) is 11.2 Å². The number of benzene rings is 2. The summed E-state index contributed by atoms with van der Waals surface area (Å²) in [6.45, 7) is 0. The van der Waals surface area contributed by atoms with Gasteiger partial charge in [0, 0.05) is 5.41 Å². The molecule has 1 N–H and O–H groups in total. The fraction of sp³-hybridized carbons (Fsp3) is 0.333. The third kappa shape index (κ3) is 2.31. The van der Waals surface area contributed by atoms with E-state index in [4.69, 9.17) is 0 Å². The lowest BCUT2D eigenvalue weighted by atomic mass is 9.65. The number of phenolic OH excluding ortho intramolecular Hbond substituents is 1. The summed E-state index contributed by atoms with van der Waals surface area (Å²) in [5.41, 5.74) is 2.38. The molecular formula is C18H19FO. The van der Waals surface area contributed by atoms with Gasteiger partial charge in [0.15, 0.2) is 0 Å². The number of hydrogen-bond acceptors (Lipinski definition) is 1. The third-order valence-corrected chi connectivity index (χ3v) is 4.52. The van der Waals surface area contributed by atoms with Gasteiger partial charge in [0.1, 0.15) is 11.6 Å². The lowest BCUT2D eigenvalue weighted by molar-refractivity contribution is 0.345. The quantitative estimate of drug-likeness (QED) is 0.832. The van der Waals surface area contributed by atoms with Crippen LogP contribution >= 0.6 is 0 Å². The van der Waals surface area contributed by atoms with Crippen molar-refractivity contribution in [1.29, 1.82) is 0 Å². The molecular weight excluding hydrogens is 251 g/mol. The maximum atomic E-state index is 13.2. The smallest absolute Gasteiger partial charge is 0.123 e. The van der Waals surface area contributed by atoms with Gasteiger partial charge in [-0.1, -0.05) is 43.5 Å². The summed E-state index contributed by atoms with van der Waals surface area (Å²) in [4.78, 5) is 0. The Morgan fingerprint density at radius 3 is 1.80 bits per heavy atom. The summed E-state index contributed by atoms with van der Waals surface area (Å²) in [5.74, 6) is 0.101. The molecule has 2 heteroatoms. The average molecular weight is 270 g/mol. The zero-order chi connectivity index (χ0) is 14.0. The highest BCUT2D eigenvalue weighted by atomic mass is 19.1. The predicted octanol–water partition coefficient (Wildman–Crippen LogP) is 4.78. The van der Waals surface area contributed by atoms with E-state index in [1.165, 1.54) is 30.4 Å². The van der Waals surface area contributed by atoms with Crippen LogP contribution in [0, 0.1) is 5.82 Å². The maximum Gasteiger partial charge on any atom is 0.123 e. The molecule has 20 heavy (non-hydrogen) atoms. The molecule has 2 aromatic carbocycles. The second-order valence-corrected chi connectivity index (χ2v) is 5.70. The van der Waals surface area contributed by atoms with Gasteiger partial charge in [-0.05, 0) is 48.2 Å². The van der Waals surface area contributed by atoms with E-state index < -0.39 is 0 Å². The van der Waals surface area contributed by atoms with Crippen LogP contribution in [0.4, 0.5) is 4.39 Å². The minimum Gasteiger partial charge on any atom is -0.508 e. The van der Waals surface area contributed by atoms with Crippen molar-refractivity contribution in [3.05, 3.63) is 65.5 Å². The Balaban J connectivity index is 2.08. The molecule has 0 spiro atoms. The zero-order valence-corrected chi connectivity index (χ0v) is 11.5. The fourth-order valence-electron chi connectivity index (χ4n) is 3.45. The van der Waals surface area contributed by atoms with Gasteiger partial charge in [-0.3, -0.25) is 0 Å². The lowest BCUT2D eigenvalue weighted by Crippen LogP contribution is -2.30. The van der Waals surface area contributed by atoms with Crippen molar-refractivity contribution in [2.75, 3.05) is 0 Å². The van der Waals surface area contributed by atoms with Crippen molar-refractivity contribution in [2.24, 2.45) is 0 Å². The van der Waals surface area contributed by atoms with Crippen molar-refractivity contribution in [1.82, 2.24) is 0 Å². The predicted molar refractivity (Wildman–Crippen MR) is 78.4 cm³/mol. The highest BCUT2D eigenvalue weighted by molar-refractivity contribution is 5.41. The minimum atomic E-state index is -0.189. The Labute approximate surface area is 119 Å². The maximum absolute atomic E-state index is 13.2. The average Bonchev–Trinajstić information content (AvgIpc) is 2.49. The van der Waals surface area contributed by atoms with E-state index >= 15 is 0 Å². The van der Waals surface area contributed by atoms with Crippen LogP contribution in [0.3, 0.4) is 0 Å². The molecule has 1 saturated carbocycles. The van der Waals surface area contributed by atoms with Crippen LogP contribution in [0.2, 0.25) is 0 Å². The number of hydrogen-bond donors (Lipinski definition) is 1. The van der Waals surface area contributed by atoms with E-state index in [9.17, 15) is 9.50 Å². The molecule has 104 valence electrons. The Morgan fingerprint density at radius 2 is 1.25 bits per heavy atom. The Bertz CT molecular complexity index is 518. The van der Waals surface area contributed by atoms with Crippen molar-refractivity contribution in [3.8, 4) is 5.75 Å². The minimum absolute atomic E-state index is 0.0281. The molecule has 1 nitrogen and oxygen atoms in total. The molecule has 2 aromatic rings. The molecule has 0 bridgehead atoms. The van der Waals surface area contributed by atoms with E-state index in [0.29, 0.717) is 5.75 Å². The van der Waals surface area contributed by atoms with Gasteiger partial charge in [-0.25, -0.2) is 4.39 Å². The summed E-state index contributed by atoms with van der Waals surface area (Å²) < 4.78 is 13.2. The highest BCUT2D eigenvalue weighted by Gasteiger charge is 2.35. The Hall–Kier alpha value is -1.83. The van der Waals surface area contributed by atoms with Gasteiger partial charge in [0.25, 0.3) is 0 Å². The topological polar surface area (TPSA) is 20.2 Å². The van der Waals surface area contributed by atoms with Crippen molar-refractivity contribution in [3.63, 3.8) is 0 Å². The monoisotopic (exact) mass is 270 g/mol. The van der Waals surface area contributed by atoms with Crippen LogP contribution in [0.5, 0.6) is 5.75 Å². The summed E-state index contributed by atoms with van der Waals surface area (Å²) in [5, 5.41) is 9.50. The van der Waals surface area contributed by atoms with Crippen molar-refractivity contribution >= 4 is 0 Å². The normalized spacial score (nSPS) is 17.9. The van der Waals surface area contributed by atoms with E-state index in [0.717, 1.165) is 12.8 Å². The van der Waals surface area contributed by atoms with Gasteiger partial charge >= 0.3 is 0 Å². The molecule has 0 aromatic heterocycles. The molecule has 0 atom stereocenters. The van der Waals surface area contributed by atoms with E-state index in [2.05, 4.69) is 0 Å². The first-order valence-electron chi connectivity index (χ1n) is 7.26. The SMILES string of the molecule is Oc1ccc(C2(c3ccc(F)cc3)CCCCC2)cc1. The largest absolute Gasteiger partial charge is 0.508 e. The first kappa shape index (κ1) is 13.2. The van der Waals surface area contributed by atoms with Crippen LogP contribution < -0.4 is 0 Å². The molecule has 0 radical (unpaired) electrons. The number of rotatable bonds is 2. The van der Waals surface area contributed by atoms with Crippen LogP contribution in [0.25, 0.3) is 0 Å². The van der Waals surface area contributed by atoms with Gasteiger partial charge in [0.2, 0.25) is 0 Å². The van der Waals surface area contributed by atoms with Gasteiger partial charge in [-0.15, -0.1) is 0 Å². The van der Waals surface area contributed by atoms with Crippen LogP contribution in [-0.2, 0) is 5.41 Å². The lowest BCUT2D eigenvalue weighted by Gasteiger charge is -2.38. The zero-order valence-electron chi connectivity index (χ0n) is 11.5. The summed E-state index contributed by atoms with van der Waals surface area (Å²) in [6, 6.07) is 14.4. The van der Waals surface area contributed by atoms with Crippen molar-refractivity contribution < 1.29 is 9.50 Å². The fourth-order valence-corrected chi connectivity index (χ4v) is 3.45. The summed E-state index contributed by atoms with van der Waals surface area (Å²) in [7, 11) is 0. The van der Waals surface area contributed by atoms with Crippen LogP contribution in [0.15, 0.2) is 48.5 Å². The Morgan fingerprint density at radius 1 is 0.750 bits per heavy atom. The van der Waals surface area contributed by atoms with Gasteiger partial charge < -0.3 is 5.11 Å². The van der Waals surface area contributed by atoms with Gasteiger partial charge in [-0.2, -0.15) is 0 Å². The van der Waals surface area contributed by atoms with Crippen LogP contribution in [0.1, 0.15) is 43.2 Å². The molecule has 0 unspecified atom stereocenters. The van der Waals surface area contributed by atoms with Gasteiger partial charge in [0.05, 0.1) is 0 Å².